The molecule has 0 radical (unpaired) electrons. The van der Waals surface area contributed by atoms with Gasteiger partial charge in [0, 0.05) is 5.69 Å². The number of oxazole rings is 1. The first-order chi connectivity index (χ1) is 8.42. The molecule has 0 amide bonds. The molecule has 0 saturated heterocycles. The molecule has 1 heterocycles. The Morgan fingerprint density at radius 2 is 2.17 bits per heavy atom. The summed E-state index contributed by atoms with van der Waals surface area (Å²) in [5.41, 5.74) is 7.05. The molecule has 1 aromatic carbocycles. The second-order valence-corrected chi connectivity index (χ2v) is 6.41. The lowest BCUT2D eigenvalue weighted by Crippen LogP contribution is -2.13. The molecule has 1 atom stereocenters. The van der Waals surface area contributed by atoms with Crippen LogP contribution in [0.15, 0.2) is 27.8 Å². The second kappa shape index (κ2) is 4.61. The summed E-state index contributed by atoms with van der Waals surface area (Å²) >= 11 is 0. The van der Waals surface area contributed by atoms with Gasteiger partial charge < -0.3 is 10.2 Å². The van der Waals surface area contributed by atoms with Crippen LogP contribution in [0.1, 0.15) is 20.3 Å². The van der Waals surface area contributed by atoms with Crippen LogP contribution in [0.4, 0.5) is 5.69 Å². The molecule has 0 aliphatic rings. The zero-order chi connectivity index (χ0) is 13.3. The lowest BCUT2D eigenvalue weighted by atomic mass is 10.2. The second-order valence-electron chi connectivity index (χ2n) is 4.50. The average Bonchev–Trinajstić information content (AvgIpc) is 2.71. The predicted octanol–water partition coefficient (Wildman–Crippen LogP) is 2.23. The first kappa shape index (κ1) is 12.9. The van der Waals surface area contributed by atoms with Crippen LogP contribution in [-0.4, -0.2) is 19.2 Å². The van der Waals surface area contributed by atoms with Gasteiger partial charge in [0.25, 0.3) is 0 Å². The molecule has 2 rings (SSSR count). The van der Waals surface area contributed by atoms with Crippen molar-refractivity contribution < 1.29 is 12.8 Å². The van der Waals surface area contributed by atoms with Crippen molar-refractivity contribution >= 4 is 26.6 Å². The number of aromatic nitrogens is 1. The van der Waals surface area contributed by atoms with Crippen LogP contribution in [0.2, 0.25) is 0 Å². The highest BCUT2D eigenvalue weighted by Gasteiger charge is 2.23. The zero-order valence-corrected chi connectivity index (χ0v) is 11.2. The molecule has 2 N–H and O–H groups in total. The number of hydrogen-bond donors (Lipinski definition) is 1. The van der Waals surface area contributed by atoms with Gasteiger partial charge in [-0.05, 0) is 24.1 Å². The molecule has 1 aromatic heterocycles. The van der Waals surface area contributed by atoms with Gasteiger partial charge in [-0.15, -0.1) is 0 Å². The van der Waals surface area contributed by atoms with Gasteiger partial charge in [-0.2, -0.15) is 4.98 Å². The highest BCUT2D eigenvalue weighted by atomic mass is 32.2. The third-order valence-corrected chi connectivity index (χ3v) is 4.57. The SMILES string of the molecule is CCC(C)CS(=O)(=O)c1nc2cc(N)ccc2o1. The van der Waals surface area contributed by atoms with Crippen LogP contribution in [0.25, 0.3) is 11.1 Å². The Morgan fingerprint density at radius 1 is 1.44 bits per heavy atom. The van der Waals surface area contributed by atoms with Gasteiger partial charge in [-0.1, -0.05) is 20.3 Å². The first-order valence-electron chi connectivity index (χ1n) is 5.81. The normalized spacial score (nSPS) is 13.9. The summed E-state index contributed by atoms with van der Waals surface area (Å²) in [4.78, 5) is 4.00. The van der Waals surface area contributed by atoms with E-state index in [2.05, 4.69) is 4.98 Å². The van der Waals surface area contributed by atoms with E-state index in [1.54, 1.807) is 18.2 Å². The molecular weight excluding hydrogens is 252 g/mol. The van der Waals surface area contributed by atoms with Gasteiger partial charge in [0.1, 0.15) is 5.52 Å². The van der Waals surface area contributed by atoms with Crippen molar-refractivity contribution in [2.75, 3.05) is 11.5 Å². The molecule has 0 aliphatic heterocycles. The van der Waals surface area contributed by atoms with Crippen molar-refractivity contribution in [2.45, 2.75) is 25.5 Å². The zero-order valence-electron chi connectivity index (χ0n) is 10.4. The maximum atomic E-state index is 12.1. The molecule has 1 unspecified atom stereocenters. The van der Waals surface area contributed by atoms with Crippen LogP contribution in [-0.2, 0) is 9.84 Å². The van der Waals surface area contributed by atoms with Crippen LogP contribution in [0.3, 0.4) is 0 Å². The molecule has 0 saturated carbocycles. The topological polar surface area (TPSA) is 86.2 Å². The van der Waals surface area contributed by atoms with E-state index in [-0.39, 0.29) is 16.9 Å². The van der Waals surface area contributed by atoms with Crippen LogP contribution in [0, 0.1) is 5.92 Å². The van der Waals surface area contributed by atoms with E-state index in [0.717, 1.165) is 6.42 Å². The van der Waals surface area contributed by atoms with E-state index in [1.807, 2.05) is 13.8 Å². The molecule has 0 fully saturated rings. The highest BCUT2D eigenvalue weighted by Crippen LogP contribution is 2.23. The van der Waals surface area contributed by atoms with Crippen molar-refractivity contribution in [3.63, 3.8) is 0 Å². The molecule has 0 bridgehead atoms. The average molecular weight is 268 g/mol. The number of nitrogens with two attached hydrogens (primary N) is 1. The fraction of sp³-hybridized carbons (Fsp3) is 0.417. The van der Waals surface area contributed by atoms with Gasteiger partial charge in [0.2, 0.25) is 9.84 Å². The summed E-state index contributed by atoms with van der Waals surface area (Å²) in [5.74, 6) is 0.126. The monoisotopic (exact) mass is 268 g/mol. The van der Waals surface area contributed by atoms with Crippen LogP contribution >= 0.6 is 0 Å². The number of nitrogens with zero attached hydrogens (tertiary/aromatic N) is 1. The summed E-state index contributed by atoms with van der Waals surface area (Å²) in [7, 11) is -3.46. The summed E-state index contributed by atoms with van der Waals surface area (Å²) in [6, 6.07) is 4.87. The Balaban J connectivity index is 2.42. The number of rotatable bonds is 4. The third-order valence-electron chi connectivity index (χ3n) is 2.86. The highest BCUT2D eigenvalue weighted by molar-refractivity contribution is 7.91. The van der Waals surface area contributed by atoms with Gasteiger partial charge in [0.15, 0.2) is 5.58 Å². The number of benzene rings is 1. The summed E-state index contributed by atoms with van der Waals surface area (Å²) in [5, 5.41) is -0.219. The van der Waals surface area contributed by atoms with Gasteiger partial charge in [0.05, 0.1) is 5.75 Å². The molecule has 98 valence electrons. The molecule has 5 nitrogen and oxygen atoms in total. The lowest BCUT2D eigenvalue weighted by Gasteiger charge is -2.05. The number of sulfone groups is 1. The maximum absolute atomic E-state index is 12.1. The number of nitrogen functional groups attached to an aromatic ring is 1. The van der Waals surface area contributed by atoms with Crippen molar-refractivity contribution in [1.29, 1.82) is 0 Å². The van der Waals surface area contributed by atoms with E-state index >= 15 is 0 Å². The van der Waals surface area contributed by atoms with Crippen molar-refractivity contribution in [1.82, 2.24) is 4.98 Å². The Bertz CT molecular complexity index is 661. The molecule has 18 heavy (non-hydrogen) atoms. The summed E-state index contributed by atoms with van der Waals surface area (Å²) in [6.07, 6.45) is 0.798. The van der Waals surface area contributed by atoms with Crippen molar-refractivity contribution in [3.05, 3.63) is 18.2 Å². The summed E-state index contributed by atoms with van der Waals surface area (Å²) < 4.78 is 29.4. The van der Waals surface area contributed by atoms with E-state index in [0.29, 0.717) is 16.8 Å². The van der Waals surface area contributed by atoms with E-state index < -0.39 is 9.84 Å². The number of anilines is 1. The predicted molar refractivity (Wildman–Crippen MR) is 69.9 cm³/mol. The van der Waals surface area contributed by atoms with Gasteiger partial charge in [-0.3, -0.25) is 0 Å². The van der Waals surface area contributed by atoms with Crippen molar-refractivity contribution in [3.8, 4) is 0 Å². The third kappa shape index (κ3) is 2.48. The number of hydrogen-bond acceptors (Lipinski definition) is 5. The van der Waals surface area contributed by atoms with E-state index in [4.69, 9.17) is 10.2 Å². The fourth-order valence-corrected chi connectivity index (χ4v) is 3.20. The first-order valence-corrected chi connectivity index (χ1v) is 7.46. The minimum atomic E-state index is -3.46. The molecule has 0 aliphatic carbocycles. The smallest absolute Gasteiger partial charge is 0.316 e. The lowest BCUT2D eigenvalue weighted by molar-refractivity contribution is 0.453. The minimum Gasteiger partial charge on any atom is -0.428 e. The maximum Gasteiger partial charge on any atom is 0.316 e. The standard InChI is InChI=1S/C12H16N2O3S/c1-3-8(2)7-18(15,16)12-14-10-6-9(13)4-5-11(10)17-12/h4-6,8H,3,7,13H2,1-2H3. The Hall–Kier alpha value is -1.56. The van der Waals surface area contributed by atoms with Crippen molar-refractivity contribution in [2.24, 2.45) is 5.92 Å². The largest absolute Gasteiger partial charge is 0.428 e. The van der Waals surface area contributed by atoms with Crippen LogP contribution < -0.4 is 5.73 Å². The molecule has 0 spiro atoms. The van der Waals surface area contributed by atoms with Gasteiger partial charge >= 0.3 is 5.22 Å². The Kier molecular flexibility index (Phi) is 3.30. The Morgan fingerprint density at radius 3 is 2.83 bits per heavy atom. The summed E-state index contributed by atoms with van der Waals surface area (Å²) in [6.45, 7) is 3.84. The van der Waals surface area contributed by atoms with Crippen LogP contribution in [0.5, 0.6) is 0 Å². The Labute approximate surface area is 106 Å². The van der Waals surface area contributed by atoms with Gasteiger partial charge in [-0.25, -0.2) is 8.42 Å². The van der Waals surface area contributed by atoms with E-state index in [1.165, 1.54) is 0 Å². The minimum absolute atomic E-state index is 0.0474. The quantitative estimate of drug-likeness (QED) is 0.859. The number of fused-ring (bicyclic) bond motifs is 1. The fourth-order valence-electron chi connectivity index (χ4n) is 1.62. The molecule has 6 heteroatoms. The van der Waals surface area contributed by atoms with E-state index in [9.17, 15) is 8.42 Å². The molecular formula is C12H16N2O3S. The molecule has 2 aromatic rings.